The minimum atomic E-state index is -0.0479. The summed E-state index contributed by atoms with van der Waals surface area (Å²) in [6.07, 6.45) is 0.856. The molecule has 0 saturated carbocycles. The average molecular weight is 294 g/mol. The van der Waals surface area contributed by atoms with Crippen molar-refractivity contribution in [3.05, 3.63) is 29.8 Å². The van der Waals surface area contributed by atoms with Gasteiger partial charge < -0.3 is 20.1 Å². The number of ether oxygens (including phenoxy) is 2. The molecule has 0 radical (unpaired) electrons. The van der Waals surface area contributed by atoms with Crippen molar-refractivity contribution in [3.63, 3.8) is 0 Å². The molecular formula is C14H18N2O3S. The Balaban J connectivity index is 1.94. The molecule has 108 valence electrons. The van der Waals surface area contributed by atoms with Gasteiger partial charge in [-0.1, -0.05) is 24.4 Å². The molecule has 6 heteroatoms. The predicted molar refractivity (Wildman–Crippen MR) is 79.8 cm³/mol. The van der Waals surface area contributed by atoms with Gasteiger partial charge in [0.15, 0.2) is 6.61 Å². The molecule has 2 rings (SSSR count). The first-order valence-corrected chi connectivity index (χ1v) is 6.96. The van der Waals surface area contributed by atoms with Gasteiger partial charge in [0.05, 0.1) is 12.2 Å². The Labute approximate surface area is 123 Å². The van der Waals surface area contributed by atoms with Crippen LogP contribution in [0.1, 0.15) is 12.0 Å². The van der Waals surface area contributed by atoms with Crippen molar-refractivity contribution >= 4 is 23.1 Å². The van der Waals surface area contributed by atoms with Crippen molar-refractivity contribution in [3.8, 4) is 5.75 Å². The molecule has 0 spiro atoms. The zero-order chi connectivity index (χ0) is 14.4. The van der Waals surface area contributed by atoms with E-state index in [1.54, 1.807) is 17.0 Å². The first kappa shape index (κ1) is 14.7. The number of benzene rings is 1. The van der Waals surface area contributed by atoms with Gasteiger partial charge in [0.25, 0.3) is 5.91 Å². The molecule has 1 heterocycles. The lowest BCUT2D eigenvalue weighted by Gasteiger charge is -2.20. The lowest BCUT2D eigenvalue weighted by Crippen LogP contribution is -2.36. The summed E-state index contributed by atoms with van der Waals surface area (Å²) in [6.45, 7) is 2.59. The zero-order valence-electron chi connectivity index (χ0n) is 11.2. The van der Waals surface area contributed by atoms with Crippen LogP contribution in [-0.2, 0) is 9.53 Å². The van der Waals surface area contributed by atoms with E-state index in [9.17, 15) is 4.79 Å². The molecule has 1 fully saturated rings. The maximum absolute atomic E-state index is 12.1. The van der Waals surface area contributed by atoms with Gasteiger partial charge in [-0.05, 0) is 18.6 Å². The fourth-order valence-corrected chi connectivity index (χ4v) is 2.19. The molecule has 0 aromatic heterocycles. The van der Waals surface area contributed by atoms with E-state index < -0.39 is 0 Å². The average Bonchev–Trinajstić information content (AvgIpc) is 2.74. The molecule has 5 nitrogen and oxygen atoms in total. The van der Waals surface area contributed by atoms with Gasteiger partial charge in [-0.25, -0.2) is 0 Å². The molecule has 2 N–H and O–H groups in total. The molecule has 1 saturated heterocycles. The summed E-state index contributed by atoms with van der Waals surface area (Å²) in [6, 6.07) is 7.19. The van der Waals surface area contributed by atoms with Crippen LogP contribution in [0.15, 0.2) is 24.3 Å². The number of hydrogen-bond acceptors (Lipinski definition) is 4. The lowest BCUT2D eigenvalue weighted by atomic mass is 10.2. The molecule has 0 bridgehead atoms. The summed E-state index contributed by atoms with van der Waals surface area (Å²) in [5.41, 5.74) is 6.27. The van der Waals surface area contributed by atoms with E-state index in [2.05, 4.69) is 0 Å². The second kappa shape index (κ2) is 7.21. The molecule has 0 unspecified atom stereocenters. The SMILES string of the molecule is NC(=S)c1ccccc1OCC(=O)N1CCCOCC1. The van der Waals surface area contributed by atoms with Crippen LogP contribution in [-0.4, -0.2) is 48.7 Å². The molecule has 0 aliphatic carbocycles. The fourth-order valence-electron chi connectivity index (χ4n) is 2.02. The van der Waals surface area contributed by atoms with E-state index in [4.69, 9.17) is 27.4 Å². The number of carbonyl (C=O) groups is 1. The summed E-state index contributed by atoms with van der Waals surface area (Å²) in [5.74, 6) is 0.493. The Bertz CT molecular complexity index is 485. The first-order valence-electron chi connectivity index (χ1n) is 6.55. The van der Waals surface area contributed by atoms with Crippen molar-refractivity contribution in [1.29, 1.82) is 0 Å². The van der Waals surface area contributed by atoms with Crippen molar-refractivity contribution < 1.29 is 14.3 Å². The Morgan fingerprint density at radius 3 is 2.95 bits per heavy atom. The number of carbonyl (C=O) groups excluding carboxylic acids is 1. The normalized spacial score (nSPS) is 15.5. The van der Waals surface area contributed by atoms with Crippen LogP contribution in [0, 0.1) is 0 Å². The molecule has 1 aliphatic rings. The van der Waals surface area contributed by atoms with E-state index in [0.717, 1.165) is 6.42 Å². The molecular weight excluding hydrogens is 276 g/mol. The van der Waals surface area contributed by atoms with E-state index in [1.165, 1.54) is 0 Å². The van der Waals surface area contributed by atoms with Crippen LogP contribution in [0.3, 0.4) is 0 Å². The Kier molecular flexibility index (Phi) is 5.31. The summed E-state index contributed by atoms with van der Waals surface area (Å²) in [4.78, 5) is 14.1. The minimum Gasteiger partial charge on any atom is -0.483 e. The highest BCUT2D eigenvalue weighted by Gasteiger charge is 2.16. The second-order valence-electron chi connectivity index (χ2n) is 4.50. The zero-order valence-corrected chi connectivity index (χ0v) is 12.0. The largest absolute Gasteiger partial charge is 0.483 e. The first-order chi connectivity index (χ1) is 9.68. The Hall–Kier alpha value is -1.66. The highest BCUT2D eigenvalue weighted by Crippen LogP contribution is 2.17. The number of nitrogens with two attached hydrogens (primary N) is 1. The maximum atomic E-state index is 12.1. The summed E-state index contributed by atoms with van der Waals surface area (Å²) in [5, 5.41) is 0. The smallest absolute Gasteiger partial charge is 0.260 e. The van der Waals surface area contributed by atoms with E-state index in [0.29, 0.717) is 37.6 Å². The molecule has 1 aromatic carbocycles. The summed E-state index contributed by atoms with van der Waals surface area (Å²) in [7, 11) is 0. The lowest BCUT2D eigenvalue weighted by molar-refractivity contribution is -0.133. The number of rotatable bonds is 4. The fraction of sp³-hybridized carbons (Fsp3) is 0.429. The van der Waals surface area contributed by atoms with E-state index in [1.807, 2.05) is 12.1 Å². The van der Waals surface area contributed by atoms with Crippen LogP contribution in [0.4, 0.5) is 0 Å². The summed E-state index contributed by atoms with van der Waals surface area (Å²) < 4.78 is 10.9. The van der Waals surface area contributed by atoms with Crippen molar-refractivity contribution in [1.82, 2.24) is 4.90 Å². The molecule has 1 aromatic rings. The van der Waals surface area contributed by atoms with Gasteiger partial charge in [0.2, 0.25) is 0 Å². The van der Waals surface area contributed by atoms with Gasteiger partial charge in [0, 0.05) is 19.7 Å². The monoisotopic (exact) mass is 294 g/mol. The molecule has 1 amide bonds. The predicted octanol–water partition coefficient (Wildman–Crippen LogP) is 0.948. The molecule has 1 aliphatic heterocycles. The topological polar surface area (TPSA) is 64.8 Å². The van der Waals surface area contributed by atoms with Crippen LogP contribution in [0.2, 0.25) is 0 Å². The molecule has 0 atom stereocenters. The van der Waals surface area contributed by atoms with Gasteiger partial charge in [-0.2, -0.15) is 0 Å². The summed E-state index contributed by atoms with van der Waals surface area (Å²) >= 11 is 4.96. The van der Waals surface area contributed by atoms with Crippen molar-refractivity contribution in [2.45, 2.75) is 6.42 Å². The van der Waals surface area contributed by atoms with Crippen LogP contribution in [0.5, 0.6) is 5.75 Å². The Morgan fingerprint density at radius 2 is 2.15 bits per heavy atom. The van der Waals surface area contributed by atoms with Gasteiger partial charge in [0.1, 0.15) is 10.7 Å². The van der Waals surface area contributed by atoms with Gasteiger partial charge >= 0.3 is 0 Å². The van der Waals surface area contributed by atoms with Crippen LogP contribution >= 0.6 is 12.2 Å². The quantitative estimate of drug-likeness (QED) is 0.838. The van der Waals surface area contributed by atoms with E-state index in [-0.39, 0.29) is 17.5 Å². The highest BCUT2D eigenvalue weighted by molar-refractivity contribution is 7.80. The van der Waals surface area contributed by atoms with Gasteiger partial charge in [-0.3, -0.25) is 4.79 Å². The van der Waals surface area contributed by atoms with E-state index >= 15 is 0 Å². The standard InChI is InChI=1S/C14H18N2O3S/c15-14(20)11-4-1-2-5-12(11)19-10-13(17)16-6-3-8-18-9-7-16/h1-2,4-5H,3,6-10H2,(H2,15,20). The number of para-hydroxylation sites is 1. The van der Waals surface area contributed by atoms with Crippen LogP contribution < -0.4 is 10.5 Å². The maximum Gasteiger partial charge on any atom is 0.260 e. The number of thiocarbonyl (C=S) groups is 1. The third-order valence-electron chi connectivity index (χ3n) is 3.08. The Morgan fingerprint density at radius 1 is 1.35 bits per heavy atom. The van der Waals surface area contributed by atoms with Crippen molar-refractivity contribution in [2.24, 2.45) is 5.73 Å². The third kappa shape index (κ3) is 3.91. The molecule has 20 heavy (non-hydrogen) atoms. The number of nitrogens with zero attached hydrogens (tertiary/aromatic N) is 1. The highest BCUT2D eigenvalue weighted by atomic mass is 32.1. The minimum absolute atomic E-state index is 0.0143. The second-order valence-corrected chi connectivity index (χ2v) is 4.94. The third-order valence-corrected chi connectivity index (χ3v) is 3.30. The van der Waals surface area contributed by atoms with Gasteiger partial charge in [-0.15, -0.1) is 0 Å². The number of amides is 1. The van der Waals surface area contributed by atoms with Crippen LogP contribution in [0.25, 0.3) is 0 Å². The number of hydrogen-bond donors (Lipinski definition) is 1. The van der Waals surface area contributed by atoms with Crippen molar-refractivity contribution in [2.75, 3.05) is 32.9 Å².